The molecule has 0 aliphatic rings. The SMILES string of the molecule is Cc1ccc(N(C)CCS(C)(=O)=O)c(CNC(C)C)c1. The minimum absolute atomic E-state index is 0.175. The number of hydrogen-bond donors (Lipinski definition) is 1. The number of nitrogens with zero attached hydrogens (tertiary/aromatic N) is 1. The van der Waals surface area contributed by atoms with Crippen molar-refractivity contribution >= 4 is 15.5 Å². The van der Waals surface area contributed by atoms with Gasteiger partial charge < -0.3 is 10.2 Å². The third-order valence-corrected chi connectivity index (χ3v) is 4.07. The van der Waals surface area contributed by atoms with Crippen molar-refractivity contribution in [2.45, 2.75) is 33.4 Å². The van der Waals surface area contributed by atoms with Gasteiger partial charge in [-0.05, 0) is 18.6 Å². The highest BCUT2D eigenvalue weighted by Gasteiger charge is 2.11. The van der Waals surface area contributed by atoms with E-state index < -0.39 is 9.84 Å². The lowest BCUT2D eigenvalue weighted by atomic mass is 10.1. The van der Waals surface area contributed by atoms with Crippen molar-refractivity contribution in [3.05, 3.63) is 29.3 Å². The molecule has 1 N–H and O–H groups in total. The highest BCUT2D eigenvalue weighted by Crippen LogP contribution is 2.21. The summed E-state index contributed by atoms with van der Waals surface area (Å²) >= 11 is 0. The zero-order valence-electron chi connectivity index (χ0n) is 13.1. The van der Waals surface area contributed by atoms with E-state index in [-0.39, 0.29) is 5.75 Å². The normalized spacial score (nSPS) is 11.9. The predicted molar refractivity (Wildman–Crippen MR) is 86.1 cm³/mol. The van der Waals surface area contributed by atoms with Crippen LogP contribution in [0.2, 0.25) is 0 Å². The lowest BCUT2D eigenvalue weighted by Gasteiger charge is -2.23. The number of anilines is 1. The van der Waals surface area contributed by atoms with E-state index in [0.717, 1.165) is 12.2 Å². The standard InChI is InChI=1S/C15H26N2O2S/c1-12(2)16-11-14-10-13(3)6-7-15(14)17(4)8-9-20(5,18)19/h6-7,10,12,16H,8-9,11H2,1-5H3. The molecule has 1 aromatic carbocycles. The zero-order valence-corrected chi connectivity index (χ0v) is 13.9. The molecule has 0 heterocycles. The third-order valence-electron chi connectivity index (χ3n) is 3.14. The highest BCUT2D eigenvalue weighted by molar-refractivity contribution is 7.90. The van der Waals surface area contributed by atoms with Crippen LogP contribution in [0.5, 0.6) is 0 Å². The maximum Gasteiger partial charge on any atom is 0.149 e. The van der Waals surface area contributed by atoms with Gasteiger partial charge in [-0.2, -0.15) is 0 Å². The van der Waals surface area contributed by atoms with Crippen LogP contribution in [0.1, 0.15) is 25.0 Å². The maximum absolute atomic E-state index is 11.3. The second kappa shape index (κ2) is 7.09. The van der Waals surface area contributed by atoms with Gasteiger partial charge in [0.1, 0.15) is 9.84 Å². The monoisotopic (exact) mass is 298 g/mol. The van der Waals surface area contributed by atoms with Crippen molar-refractivity contribution in [1.82, 2.24) is 5.32 Å². The van der Waals surface area contributed by atoms with Crippen molar-refractivity contribution < 1.29 is 8.42 Å². The molecule has 1 aromatic rings. The minimum atomic E-state index is -2.93. The molecule has 0 unspecified atom stereocenters. The van der Waals surface area contributed by atoms with E-state index in [2.05, 4.69) is 44.3 Å². The Balaban J connectivity index is 2.86. The molecule has 0 fully saturated rings. The van der Waals surface area contributed by atoms with E-state index in [9.17, 15) is 8.42 Å². The van der Waals surface area contributed by atoms with Crippen LogP contribution in [-0.4, -0.2) is 40.1 Å². The van der Waals surface area contributed by atoms with Crippen LogP contribution in [0.25, 0.3) is 0 Å². The Morgan fingerprint density at radius 2 is 1.95 bits per heavy atom. The van der Waals surface area contributed by atoms with Gasteiger partial charge in [0.15, 0.2) is 0 Å². The fourth-order valence-electron chi connectivity index (χ4n) is 1.97. The molecule has 0 aliphatic carbocycles. The fourth-order valence-corrected chi connectivity index (χ4v) is 2.57. The molecule has 114 valence electrons. The van der Waals surface area contributed by atoms with Gasteiger partial charge in [0.25, 0.3) is 0 Å². The summed E-state index contributed by atoms with van der Waals surface area (Å²) in [6.07, 6.45) is 1.28. The highest BCUT2D eigenvalue weighted by atomic mass is 32.2. The molecule has 0 spiro atoms. The Bertz CT molecular complexity index is 539. The largest absolute Gasteiger partial charge is 0.373 e. The Labute approximate surface area is 123 Å². The van der Waals surface area contributed by atoms with E-state index in [1.165, 1.54) is 17.4 Å². The first-order valence-electron chi connectivity index (χ1n) is 6.91. The molecule has 4 nitrogen and oxygen atoms in total. The maximum atomic E-state index is 11.3. The molecule has 0 atom stereocenters. The molecular weight excluding hydrogens is 272 g/mol. The third kappa shape index (κ3) is 5.92. The lowest BCUT2D eigenvalue weighted by molar-refractivity contribution is 0.588. The summed E-state index contributed by atoms with van der Waals surface area (Å²) in [5.41, 5.74) is 3.51. The number of nitrogens with one attached hydrogen (secondary N) is 1. The Morgan fingerprint density at radius 3 is 2.50 bits per heavy atom. The predicted octanol–water partition coefficient (Wildman–Crippen LogP) is 1.97. The van der Waals surface area contributed by atoms with Gasteiger partial charge in [0.05, 0.1) is 5.75 Å². The van der Waals surface area contributed by atoms with Crippen molar-refractivity contribution in [3.63, 3.8) is 0 Å². The molecule has 5 heteroatoms. The summed E-state index contributed by atoms with van der Waals surface area (Å²) < 4.78 is 22.6. The number of sulfone groups is 1. The molecule has 0 aromatic heterocycles. The molecule has 0 saturated carbocycles. The van der Waals surface area contributed by atoms with Crippen molar-refractivity contribution in [3.8, 4) is 0 Å². The number of rotatable bonds is 7. The molecule has 20 heavy (non-hydrogen) atoms. The Hall–Kier alpha value is -1.07. The summed E-state index contributed by atoms with van der Waals surface area (Å²) in [6, 6.07) is 6.70. The molecule has 0 radical (unpaired) electrons. The molecule has 1 rings (SSSR count). The zero-order chi connectivity index (χ0) is 15.3. The summed E-state index contributed by atoms with van der Waals surface area (Å²) in [4.78, 5) is 2.01. The summed E-state index contributed by atoms with van der Waals surface area (Å²) in [6.45, 7) is 7.60. The van der Waals surface area contributed by atoms with Crippen molar-refractivity contribution in [2.75, 3.05) is 30.5 Å². The molecule has 0 amide bonds. The van der Waals surface area contributed by atoms with Gasteiger partial charge in [0, 0.05) is 38.1 Å². The molecular formula is C15H26N2O2S. The van der Waals surface area contributed by atoms with Crippen LogP contribution in [0.15, 0.2) is 18.2 Å². The van der Waals surface area contributed by atoms with E-state index in [1.807, 2.05) is 11.9 Å². The first-order valence-corrected chi connectivity index (χ1v) is 8.97. The van der Waals surface area contributed by atoms with E-state index in [0.29, 0.717) is 12.6 Å². The van der Waals surface area contributed by atoms with E-state index in [4.69, 9.17) is 0 Å². The average Bonchev–Trinajstić information content (AvgIpc) is 2.32. The van der Waals surface area contributed by atoms with Crippen LogP contribution >= 0.6 is 0 Å². The van der Waals surface area contributed by atoms with E-state index in [1.54, 1.807) is 0 Å². The van der Waals surface area contributed by atoms with Gasteiger partial charge in [-0.25, -0.2) is 8.42 Å². The quantitative estimate of drug-likeness (QED) is 0.836. The van der Waals surface area contributed by atoms with Gasteiger partial charge in [0.2, 0.25) is 0 Å². The molecule has 0 aliphatic heterocycles. The molecule has 0 saturated heterocycles. The summed E-state index contributed by atoms with van der Waals surface area (Å²) in [5.74, 6) is 0.175. The van der Waals surface area contributed by atoms with Gasteiger partial charge >= 0.3 is 0 Å². The summed E-state index contributed by atoms with van der Waals surface area (Å²) in [5, 5.41) is 3.41. The van der Waals surface area contributed by atoms with Gasteiger partial charge in [-0.3, -0.25) is 0 Å². The van der Waals surface area contributed by atoms with E-state index >= 15 is 0 Å². The second-order valence-electron chi connectivity index (χ2n) is 5.72. The Kier molecular flexibility index (Phi) is 6.02. The van der Waals surface area contributed by atoms with Gasteiger partial charge in [-0.15, -0.1) is 0 Å². The van der Waals surface area contributed by atoms with Crippen LogP contribution in [0, 0.1) is 6.92 Å². The fraction of sp³-hybridized carbons (Fsp3) is 0.600. The minimum Gasteiger partial charge on any atom is -0.373 e. The number of aryl methyl sites for hydroxylation is 1. The number of benzene rings is 1. The van der Waals surface area contributed by atoms with Crippen LogP contribution in [0.4, 0.5) is 5.69 Å². The topological polar surface area (TPSA) is 49.4 Å². The lowest BCUT2D eigenvalue weighted by Crippen LogP contribution is -2.28. The second-order valence-corrected chi connectivity index (χ2v) is 7.98. The van der Waals surface area contributed by atoms with Gasteiger partial charge in [-0.1, -0.05) is 31.5 Å². The van der Waals surface area contributed by atoms with Crippen LogP contribution in [0.3, 0.4) is 0 Å². The van der Waals surface area contributed by atoms with Crippen molar-refractivity contribution in [2.24, 2.45) is 0 Å². The van der Waals surface area contributed by atoms with Crippen LogP contribution < -0.4 is 10.2 Å². The Morgan fingerprint density at radius 1 is 1.30 bits per heavy atom. The summed E-state index contributed by atoms with van der Waals surface area (Å²) in [7, 11) is -0.992. The van der Waals surface area contributed by atoms with Crippen LogP contribution in [-0.2, 0) is 16.4 Å². The first-order chi connectivity index (χ1) is 9.19. The number of hydrogen-bond acceptors (Lipinski definition) is 4. The first kappa shape index (κ1) is 17.0. The molecule has 0 bridgehead atoms. The van der Waals surface area contributed by atoms with Crippen molar-refractivity contribution in [1.29, 1.82) is 0 Å². The smallest absolute Gasteiger partial charge is 0.149 e. The average molecular weight is 298 g/mol.